The molecule has 0 saturated carbocycles. The summed E-state index contributed by atoms with van der Waals surface area (Å²) in [5.74, 6) is -0.332. The van der Waals surface area contributed by atoms with E-state index < -0.39 is 0 Å². The Morgan fingerprint density at radius 3 is 2.45 bits per heavy atom. The van der Waals surface area contributed by atoms with Gasteiger partial charge in [-0.2, -0.15) is 0 Å². The molecule has 0 bridgehead atoms. The first-order chi connectivity index (χ1) is 15.0. The molecule has 0 radical (unpaired) electrons. The average molecular weight is 420 g/mol. The van der Waals surface area contributed by atoms with Gasteiger partial charge >= 0.3 is 0 Å². The maximum absolute atomic E-state index is 12.7. The maximum Gasteiger partial charge on any atom is 0.273 e. The molecule has 1 aliphatic heterocycles. The van der Waals surface area contributed by atoms with Crippen LogP contribution in [0.15, 0.2) is 52.1 Å². The van der Waals surface area contributed by atoms with E-state index in [9.17, 15) is 19.2 Å². The molecule has 0 spiro atoms. The third kappa shape index (κ3) is 4.14. The molecule has 3 aromatic rings. The Morgan fingerprint density at radius 2 is 1.71 bits per heavy atom. The molecule has 1 fully saturated rings. The van der Waals surface area contributed by atoms with Crippen LogP contribution in [0.1, 0.15) is 35.2 Å². The maximum atomic E-state index is 12.7. The Bertz CT molecular complexity index is 1270. The van der Waals surface area contributed by atoms with E-state index in [2.05, 4.69) is 10.4 Å². The summed E-state index contributed by atoms with van der Waals surface area (Å²) in [5.41, 5.74) is 1.13. The van der Waals surface area contributed by atoms with Gasteiger partial charge in [0, 0.05) is 30.8 Å². The van der Waals surface area contributed by atoms with Gasteiger partial charge in [0.2, 0.25) is 5.91 Å². The minimum atomic E-state index is -0.375. The van der Waals surface area contributed by atoms with Gasteiger partial charge < -0.3 is 10.2 Å². The number of fused-ring (bicyclic) bond motifs is 1. The molecule has 4 rings (SSSR count). The zero-order valence-corrected chi connectivity index (χ0v) is 17.3. The number of amides is 2. The molecular formula is C23H24N4O4. The molecule has 0 atom stereocenters. The highest BCUT2D eigenvalue weighted by molar-refractivity contribution is 5.99. The van der Waals surface area contributed by atoms with Gasteiger partial charge in [-0.1, -0.05) is 18.2 Å². The highest BCUT2D eigenvalue weighted by Gasteiger charge is 2.22. The van der Waals surface area contributed by atoms with Gasteiger partial charge in [0.25, 0.3) is 17.0 Å². The minimum Gasteiger partial charge on any atom is -0.339 e. The Hall–Kier alpha value is -3.68. The zero-order chi connectivity index (χ0) is 22.0. The van der Waals surface area contributed by atoms with Crippen molar-refractivity contribution in [3.05, 3.63) is 74.3 Å². The molecule has 8 nitrogen and oxygen atoms in total. The fourth-order valence-electron chi connectivity index (χ4n) is 3.92. The molecule has 0 unspecified atom stereocenters. The number of aryl methyl sites for hydroxylation is 1. The van der Waals surface area contributed by atoms with E-state index in [1.165, 1.54) is 0 Å². The van der Waals surface area contributed by atoms with E-state index in [4.69, 9.17) is 0 Å². The summed E-state index contributed by atoms with van der Waals surface area (Å²) in [5, 5.41) is 5.98. The second-order valence-corrected chi connectivity index (χ2v) is 7.72. The lowest BCUT2D eigenvalue weighted by Gasteiger charge is -2.18. The van der Waals surface area contributed by atoms with E-state index in [0.29, 0.717) is 27.6 Å². The lowest BCUT2D eigenvalue weighted by Crippen LogP contribution is -2.31. The van der Waals surface area contributed by atoms with Gasteiger partial charge in [-0.25, -0.2) is 4.68 Å². The van der Waals surface area contributed by atoms with Crippen LogP contribution in [0.25, 0.3) is 10.8 Å². The number of aromatic amines is 1. The lowest BCUT2D eigenvalue weighted by atomic mass is 10.1. The second-order valence-electron chi connectivity index (χ2n) is 7.72. The second kappa shape index (κ2) is 8.59. The SMILES string of the molecule is Cc1c(NC(=O)CCn2[nH]c(=O)c3ccccc3c2=O)cccc1C(=O)N1CCCC1. The van der Waals surface area contributed by atoms with Gasteiger partial charge in [-0.05, 0) is 49.6 Å². The molecule has 2 amide bonds. The molecule has 2 N–H and O–H groups in total. The first-order valence-corrected chi connectivity index (χ1v) is 10.4. The Kier molecular flexibility index (Phi) is 5.70. The van der Waals surface area contributed by atoms with Crippen LogP contribution in [-0.4, -0.2) is 39.6 Å². The highest BCUT2D eigenvalue weighted by Crippen LogP contribution is 2.22. The fraction of sp³-hybridized carbons (Fsp3) is 0.304. The third-order valence-corrected chi connectivity index (χ3v) is 5.68. The molecule has 160 valence electrons. The number of nitrogens with zero attached hydrogens (tertiary/aromatic N) is 2. The summed E-state index contributed by atoms with van der Waals surface area (Å²) in [6.07, 6.45) is 2.02. The Morgan fingerprint density at radius 1 is 1.00 bits per heavy atom. The van der Waals surface area contributed by atoms with E-state index in [1.807, 2.05) is 11.8 Å². The molecular weight excluding hydrogens is 396 g/mol. The van der Waals surface area contributed by atoms with Crippen molar-refractivity contribution in [3.63, 3.8) is 0 Å². The molecule has 2 aromatic carbocycles. The van der Waals surface area contributed by atoms with Gasteiger partial charge in [0.1, 0.15) is 0 Å². The number of benzene rings is 2. The van der Waals surface area contributed by atoms with Crippen LogP contribution in [0.4, 0.5) is 5.69 Å². The number of H-pyrrole nitrogens is 1. The van der Waals surface area contributed by atoms with Crippen LogP contribution in [0, 0.1) is 6.92 Å². The molecule has 1 aromatic heterocycles. The molecule has 1 aliphatic rings. The van der Waals surface area contributed by atoms with Gasteiger partial charge in [-0.3, -0.25) is 24.3 Å². The monoisotopic (exact) mass is 420 g/mol. The van der Waals surface area contributed by atoms with Gasteiger partial charge in [-0.15, -0.1) is 0 Å². The van der Waals surface area contributed by atoms with Crippen molar-refractivity contribution in [2.45, 2.75) is 32.7 Å². The van der Waals surface area contributed by atoms with Crippen molar-refractivity contribution < 1.29 is 9.59 Å². The average Bonchev–Trinajstić information content (AvgIpc) is 3.31. The van der Waals surface area contributed by atoms with E-state index >= 15 is 0 Å². The van der Waals surface area contributed by atoms with E-state index in [0.717, 1.165) is 30.6 Å². The minimum absolute atomic E-state index is 0.00206. The lowest BCUT2D eigenvalue weighted by molar-refractivity contribution is -0.116. The van der Waals surface area contributed by atoms with Crippen molar-refractivity contribution in [1.29, 1.82) is 0 Å². The van der Waals surface area contributed by atoms with Crippen LogP contribution in [0.3, 0.4) is 0 Å². The van der Waals surface area contributed by atoms with Crippen LogP contribution >= 0.6 is 0 Å². The first kappa shape index (κ1) is 20.6. The molecule has 0 aliphatic carbocycles. The number of hydrogen-bond donors (Lipinski definition) is 2. The zero-order valence-electron chi connectivity index (χ0n) is 17.3. The molecule has 1 saturated heterocycles. The number of hydrogen-bond acceptors (Lipinski definition) is 4. The Balaban J connectivity index is 1.47. The number of rotatable bonds is 5. The summed E-state index contributed by atoms with van der Waals surface area (Å²) in [4.78, 5) is 51.8. The number of carbonyl (C=O) groups is 2. The predicted molar refractivity (Wildman–Crippen MR) is 118 cm³/mol. The standard InChI is InChI=1S/C23H24N4O4/c1-15-16(22(30)26-12-4-5-13-26)9-6-10-19(15)24-20(28)11-14-27-23(31)18-8-3-2-7-17(18)21(29)25-27/h2-3,6-10H,4-5,11-14H2,1H3,(H,24,28)(H,25,29). The third-order valence-electron chi connectivity index (χ3n) is 5.68. The van der Waals surface area contributed by atoms with E-state index in [1.54, 1.807) is 42.5 Å². The highest BCUT2D eigenvalue weighted by atomic mass is 16.2. The smallest absolute Gasteiger partial charge is 0.273 e. The van der Waals surface area contributed by atoms with Gasteiger partial charge in [0.15, 0.2) is 0 Å². The van der Waals surface area contributed by atoms with Crippen molar-refractivity contribution in [2.24, 2.45) is 0 Å². The van der Waals surface area contributed by atoms with Crippen molar-refractivity contribution in [2.75, 3.05) is 18.4 Å². The molecule has 31 heavy (non-hydrogen) atoms. The number of aromatic nitrogens is 2. The summed E-state index contributed by atoms with van der Waals surface area (Å²) in [7, 11) is 0. The van der Waals surface area contributed by atoms with Crippen LogP contribution in [-0.2, 0) is 11.3 Å². The summed E-state index contributed by atoms with van der Waals surface area (Å²) in [6, 6.07) is 11.8. The Labute approximate surface area is 178 Å². The normalized spacial score (nSPS) is 13.5. The quantitative estimate of drug-likeness (QED) is 0.661. The van der Waals surface area contributed by atoms with Crippen LogP contribution < -0.4 is 16.4 Å². The first-order valence-electron chi connectivity index (χ1n) is 10.4. The van der Waals surface area contributed by atoms with E-state index in [-0.39, 0.29) is 35.9 Å². The topological polar surface area (TPSA) is 104 Å². The number of nitrogens with one attached hydrogen (secondary N) is 2. The largest absolute Gasteiger partial charge is 0.339 e. The number of likely N-dealkylation sites (tertiary alicyclic amines) is 1. The van der Waals surface area contributed by atoms with Crippen molar-refractivity contribution in [1.82, 2.24) is 14.7 Å². The van der Waals surface area contributed by atoms with Crippen LogP contribution in [0.5, 0.6) is 0 Å². The molecule has 8 heteroatoms. The van der Waals surface area contributed by atoms with Crippen molar-refractivity contribution in [3.8, 4) is 0 Å². The summed E-state index contributed by atoms with van der Waals surface area (Å²) in [6.45, 7) is 3.36. The fourth-order valence-corrected chi connectivity index (χ4v) is 3.92. The number of anilines is 1. The molecule has 2 heterocycles. The van der Waals surface area contributed by atoms with Gasteiger partial charge in [0.05, 0.1) is 17.3 Å². The van der Waals surface area contributed by atoms with Crippen molar-refractivity contribution >= 4 is 28.3 Å². The van der Waals surface area contributed by atoms with Crippen LogP contribution in [0.2, 0.25) is 0 Å². The summed E-state index contributed by atoms with van der Waals surface area (Å²) >= 11 is 0. The number of carbonyl (C=O) groups excluding carboxylic acids is 2. The predicted octanol–water partition coefficient (Wildman–Crippen LogP) is 2.26. The summed E-state index contributed by atoms with van der Waals surface area (Å²) < 4.78 is 1.16.